The van der Waals surface area contributed by atoms with E-state index in [0.717, 1.165) is 18.3 Å². The van der Waals surface area contributed by atoms with Crippen molar-refractivity contribution in [2.75, 3.05) is 13.1 Å². The van der Waals surface area contributed by atoms with E-state index in [-0.39, 0.29) is 31.0 Å². The first-order chi connectivity index (χ1) is 13.0. The zero-order valence-corrected chi connectivity index (χ0v) is 18.3. The van der Waals surface area contributed by atoms with E-state index in [1.807, 2.05) is 37.8 Å². The van der Waals surface area contributed by atoms with Crippen LogP contribution in [-0.4, -0.2) is 58.3 Å². The van der Waals surface area contributed by atoms with Crippen molar-refractivity contribution in [3.05, 3.63) is 12.4 Å². The number of hydrogen-bond acceptors (Lipinski definition) is 5. The van der Waals surface area contributed by atoms with Gasteiger partial charge in [0.1, 0.15) is 5.60 Å². The maximum Gasteiger partial charge on any atom is 0.497 e. The highest BCUT2D eigenvalue weighted by atomic mass is 16.7. The molecule has 8 heteroatoms. The van der Waals surface area contributed by atoms with Crippen LogP contribution in [0.1, 0.15) is 67.3 Å². The van der Waals surface area contributed by atoms with Crippen molar-refractivity contribution in [2.45, 2.75) is 84.7 Å². The van der Waals surface area contributed by atoms with Crippen LogP contribution in [0.2, 0.25) is 0 Å². The summed E-state index contributed by atoms with van der Waals surface area (Å²) in [7, 11) is -0.377. The van der Waals surface area contributed by atoms with Crippen molar-refractivity contribution in [1.82, 2.24) is 14.7 Å². The van der Waals surface area contributed by atoms with E-state index < -0.39 is 5.60 Å². The lowest BCUT2D eigenvalue weighted by atomic mass is 9.82. The molecule has 2 aliphatic rings. The summed E-state index contributed by atoms with van der Waals surface area (Å²) in [5, 5.41) is 4.55. The molecule has 0 spiro atoms. The van der Waals surface area contributed by atoms with Crippen LogP contribution >= 0.6 is 0 Å². The van der Waals surface area contributed by atoms with E-state index in [9.17, 15) is 4.79 Å². The number of carbonyl (C=O) groups excluding carboxylic acids is 1. The molecule has 0 aromatic carbocycles. The standard InChI is InChI=1S/C20H34BN3O4/c1-14(2)17-20(6,7)28-21(27-17)15-12-22-24(13-15)16-8-10-23(11-9-16)18(25)26-19(3,4)5/h12-14,16-17H,8-11H2,1-7H3. The van der Waals surface area contributed by atoms with E-state index in [4.69, 9.17) is 14.0 Å². The van der Waals surface area contributed by atoms with Crippen LogP contribution < -0.4 is 5.46 Å². The predicted octanol–water partition coefficient (Wildman–Crippen LogP) is 3.00. The van der Waals surface area contributed by atoms with Gasteiger partial charge < -0.3 is 18.9 Å². The minimum atomic E-state index is -0.465. The number of amides is 1. The van der Waals surface area contributed by atoms with Gasteiger partial charge in [0.2, 0.25) is 0 Å². The highest BCUT2D eigenvalue weighted by Gasteiger charge is 2.48. The molecule has 1 amide bonds. The van der Waals surface area contributed by atoms with E-state index in [1.165, 1.54) is 0 Å². The Morgan fingerprint density at radius 1 is 1.32 bits per heavy atom. The largest absolute Gasteiger partial charge is 0.497 e. The second-order valence-electron chi connectivity index (χ2n) is 9.81. The summed E-state index contributed by atoms with van der Waals surface area (Å²) in [4.78, 5) is 14.0. The summed E-state index contributed by atoms with van der Waals surface area (Å²) < 4.78 is 19.8. The minimum absolute atomic E-state index is 0.0536. The molecule has 2 saturated heterocycles. The lowest BCUT2D eigenvalue weighted by Crippen LogP contribution is -2.42. The number of ether oxygens (including phenoxy) is 1. The molecule has 3 rings (SSSR count). The quantitative estimate of drug-likeness (QED) is 0.742. The Balaban J connectivity index is 1.58. The maximum atomic E-state index is 12.2. The maximum absolute atomic E-state index is 12.2. The zero-order chi connectivity index (χ0) is 20.7. The van der Waals surface area contributed by atoms with Gasteiger partial charge >= 0.3 is 13.2 Å². The third kappa shape index (κ3) is 4.71. The Kier molecular flexibility index (Phi) is 5.83. The molecule has 1 aromatic heterocycles. The third-order valence-corrected chi connectivity index (χ3v) is 5.36. The average molecular weight is 391 g/mol. The van der Waals surface area contributed by atoms with Gasteiger partial charge in [0.15, 0.2) is 0 Å². The normalized spacial score (nSPS) is 23.5. The smallest absolute Gasteiger partial charge is 0.444 e. The molecule has 0 aliphatic carbocycles. The van der Waals surface area contributed by atoms with Crippen LogP contribution in [0.5, 0.6) is 0 Å². The number of nitrogens with zero attached hydrogens (tertiary/aromatic N) is 3. The Morgan fingerprint density at radius 2 is 1.96 bits per heavy atom. The van der Waals surface area contributed by atoms with E-state index in [0.29, 0.717) is 19.0 Å². The second-order valence-corrected chi connectivity index (χ2v) is 9.81. The lowest BCUT2D eigenvalue weighted by molar-refractivity contribution is 0.0185. The molecule has 28 heavy (non-hydrogen) atoms. The van der Waals surface area contributed by atoms with Gasteiger partial charge in [-0.05, 0) is 53.4 Å². The predicted molar refractivity (Wildman–Crippen MR) is 109 cm³/mol. The molecule has 1 unspecified atom stereocenters. The second kappa shape index (κ2) is 7.71. The topological polar surface area (TPSA) is 65.8 Å². The van der Waals surface area contributed by atoms with Gasteiger partial charge in [-0.25, -0.2) is 4.79 Å². The first kappa shape index (κ1) is 21.2. The monoisotopic (exact) mass is 391 g/mol. The van der Waals surface area contributed by atoms with Crippen molar-refractivity contribution >= 4 is 18.7 Å². The summed E-state index contributed by atoms with van der Waals surface area (Å²) in [5.74, 6) is 0.382. The van der Waals surface area contributed by atoms with Gasteiger partial charge in [0.25, 0.3) is 0 Å². The molecule has 3 heterocycles. The number of carbonyl (C=O) groups is 1. The fourth-order valence-corrected chi connectivity index (χ4v) is 4.09. The number of likely N-dealkylation sites (tertiary alicyclic amines) is 1. The SMILES string of the molecule is CC(C)C1OB(c2cnn(C3CCN(C(=O)OC(C)(C)C)CC3)c2)OC1(C)C. The minimum Gasteiger partial charge on any atom is -0.444 e. The summed E-state index contributed by atoms with van der Waals surface area (Å²) in [6.07, 6.45) is 5.39. The van der Waals surface area contributed by atoms with Gasteiger partial charge in [-0.2, -0.15) is 5.10 Å². The number of piperidine rings is 1. The highest BCUT2D eigenvalue weighted by Crippen LogP contribution is 2.32. The van der Waals surface area contributed by atoms with Crippen LogP contribution in [0.15, 0.2) is 12.4 Å². The van der Waals surface area contributed by atoms with Gasteiger partial charge in [-0.1, -0.05) is 13.8 Å². The summed E-state index contributed by atoms with van der Waals surface area (Å²) >= 11 is 0. The first-order valence-corrected chi connectivity index (χ1v) is 10.3. The Labute approximate surface area is 168 Å². The van der Waals surface area contributed by atoms with E-state index in [2.05, 4.69) is 32.8 Å². The van der Waals surface area contributed by atoms with E-state index >= 15 is 0 Å². The summed E-state index contributed by atoms with van der Waals surface area (Å²) in [6.45, 7) is 15.5. The summed E-state index contributed by atoms with van der Waals surface area (Å²) in [6, 6.07) is 0.266. The Morgan fingerprint density at radius 3 is 2.50 bits per heavy atom. The molecule has 0 bridgehead atoms. The van der Waals surface area contributed by atoms with Crippen LogP contribution in [0.25, 0.3) is 0 Å². The Bertz CT molecular complexity index is 690. The number of hydrogen-bond donors (Lipinski definition) is 0. The van der Waals surface area contributed by atoms with Crippen LogP contribution in [0.3, 0.4) is 0 Å². The van der Waals surface area contributed by atoms with Crippen LogP contribution in [-0.2, 0) is 14.0 Å². The first-order valence-electron chi connectivity index (χ1n) is 10.3. The van der Waals surface area contributed by atoms with Crippen molar-refractivity contribution in [3.63, 3.8) is 0 Å². The molecule has 0 N–H and O–H groups in total. The van der Waals surface area contributed by atoms with Crippen molar-refractivity contribution in [2.24, 2.45) is 5.92 Å². The molecule has 1 atom stereocenters. The molecule has 7 nitrogen and oxygen atoms in total. The molecule has 0 saturated carbocycles. The van der Waals surface area contributed by atoms with Gasteiger partial charge in [0, 0.05) is 30.9 Å². The molecular weight excluding hydrogens is 357 g/mol. The van der Waals surface area contributed by atoms with Crippen LogP contribution in [0, 0.1) is 5.92 Å². The fraction of sp³-hybridized carbons (Fsp3) is 0.800. The van der Waals surface area contributed by atoms with Gasteiger partial charge in [-0.3, -0.25) is 4.68 Å². The Hall–Kier alpha value is -1.54. The fourth-order valence-electron chi connectivity index (χ4n) is 4.09. The van der Waals surface area contributed by atoms with Crippen molar-refractivity contribution < 1.29 is 18.8 Å². The van der Waals surface area contributed by atoms with Crippen LogP contribution in [0.4, 0.5) is 4.79 Å². The molecular formula is C20H34BN3O4. The van der Waals surface area contributed by atoms with Crippen molar-refractivity contribution in [1.29, 1.82) is 0 Å². The van der Waals surface area contributed by atoms with Gasteiger partial charge in [-0.15, -0.1) is 0 Å². The third-order valence-electron chi connectivity index (χ3n) is 5.36. The highest BCUT2D eigenvalue weighted by molar-refractivity contribution is 6.61. The van der Waals surface area contributed by atoms with Gasteiger partial charge in [0.05, 0.1) is 17.7 Å². The molecule has 0 radical (unpaired) electrons. The molecule has 2 aliphatic heterocycles. The molecule has 1 aromatic rings. The summed E-state index contributed by atoms with van der Waals surface area (Å²) in [5.41, 5.74) is 0.165. The number of aromatic nitrogens is 2. The average Bonchev–Trinajstić information content (AvgIpc) is 3.17. The molecule has 2 fully saturated rings. The van der Waals surface area contributed by atoms with Crippen molar-refractivity contribution in [3.8, 4) is 0 Å². The molecule has 156 valence electrons. The number of rotatable bonds is 3. The van der Waals surface area contributed by atoms with E-state index in [1.54, 1.807) is 4.90 Å². The zero-order valence-electron chi connectivity index (χ0n) is 18.3. The lowest BCUT2D eigenvalue weighted by Gasteiger charge is -2.33.